The van der Waals surface area contributed by atoms with Gasteiger partial charge in [-0.15, -0.1) is 11.3 Å². The average Bonchev–Trinajstić information content (AvgIpc) is 2.85. The van der Waals surface area contributed by atoms with Crippen LogP contribution >= 0.6 is 38.9 Å². The number of thiophene rings is 1. The molecule has 0 aliphatic heterocycles. The third-order valence-electron chi connectivity index (χ3n) is 3.14. The molecule has 0 unspecified atom stereocenters. The summed E-state index contributed by atoms with van der Waals surface area (Å²) in [7, 11) is 0. The summed E-state index contributed by atoms with van der Waals surface area (Å²) < 4.78 is 2.07. The first-order valence-electron chi connectivity index (χ1n) is 6.08. The van der Waals surface area contributed by atoms with Crippen molar-refractivity contribution in [2.45, 2.75) is 6.42 Å². The van der Waals surface area contributed by atoms with Gasteiger partial charge in [0.15, 0.2) is 5.78 Å². The number of ketones is 1. The van der Waals surface area contributed by atoms with E-state index in [1.807, 2.05) is 18.2 Å². The van der Waals surface area contributed by atoms with E-state index in [-0.39, 0.29) is 5.78 Å². The molecule has 1 aromatic heterocycles. The molecule has 3 rings (SSSR count). The second-order valence-corrected chi connectivity index (χ2v) is 6.72. The highest BCUT2D eigenvalue weighted by atomic mass is 79.9. The molecule has 0 saturated heterocycles. The predicted octanol–water partition coefficient (Wildman–Crippen LogP) is 5.74. The summed E-state index contributed by atoms with van der Waals surface area (Å²) in [4.78, 5) is 12.4. The average molecular weight is 366 g/mol. The highest BCUT2D eigenvalue weighted by molar-refractivity contribution is 9.10. The van der Waals surface area contributed by atoms with E-state index in [1.54, 1.807) is 23.5 Å². The number of fused-ring (bicyclic) bond motifs is 1. The number of halogens is 2. The molecule has 2 aromatic carbocycles. The van der Waals surface area contributed by atoms with Crippen molar-refractivity contribution in [2.24, 2.45) is 0 Å². The summed E-state index contributed by atoms with van der Waals surface area (Å²) in [5.74, 6) is 0.0415. The fourth-order valence-corrected chi connectivity index (χ4v) is 3.70. The van der Waals surface area contributed by atoms with Crippen molar-refractivity contribution < 1.29 is 4.79 Å². The van der Waals surface area contributed by atoms with Crippen LogP contribution in [-0.4, -0.2) is 5.78 Å². The van der Waals surface area contributed by atoms with E-state index < -0.39 is 0 Å². The van der Waals surface area contributed by atoms with Gasteiger partial charge in [0.05, 0.1) is 5.02 Å². The highest BCUT2D eigenvalue weighted by Crippen LogP contribution is 2.28. The first kappa shape index (κ1) is 13.8. The molecule has 20 heavy (non-hydrogen) atoms. The topological polar surface area (TPSA) is 17.1 Å². The molecule has 0 amide bonds. The van der Waals surface area contributed by atoms with Gasteiger partial charge in [0, 0.05) is 21.2 Å². The summed E-state index contributed by atoms with van der Waals surface area (Å²) in [6.45, 7) is 0. The van der Waals surface area contributed by atoms with Crippen LogP contribution in [0, 0.1) is 0 Å². The van der Waals surface area contributed by atoms with Crippen LogP contribution in [0.5, 0.6) is 0 Å². The Morgan fingerprint density at radius 2 is 2.00 bits per heavy atom. The van der Waals surface area contributed by atoms with Crippen molar-refractivity contribution in [2.75, 3.05) is 0 Å². The standard InChI is InChI=1S/C16H10BrClOS/c17-11-5-6-14(18)13(8-11)15(19)7-10-9-20-16-4-2-1-3-12(10)16/h1-6,8-9H,7H2. The molecule has 0 saturated carbocycles. The number of hydrogen-bond donors (Lipinski definition) is 0. The monoisotopic (exact) mass is 364 g/mol. The Bertz CT molecular complexity index is 794. The zero-order valence-electron chi connectivity index (χ0n) is 10.4. The second-order valence-electron chi connectivity index (χ2n) is 4.48. The van der Waals surface area contributed by atoms with Gasteiger partial charge >= 0.3 is 0 Å². The van der Waals surface area contributed by atoms with Crippen molar-refractivity contribution >= 4 is 54.7 Å². The molecule has 0 aliphatic rings. The number of Topliss-reactive ketones (excluding diaryl/α,β-unsaturated/α-hetero) is 1. The van der Waals surface area contributed by atoms with Crippen LogP contribution in [0.1, 0.15) is 15.9 Å². The zero-order valence-corrected chi connectivity index (χ0v) is 13.6. The van der Waals surface area contributed by atoms with Gasteiger partial charge in [-0.1, -0.05) is 45.7 Å². The van der Waals surface area contributed by atoms with Crippen molar-refractivity contribution in [3.05, 3.63) is 68.5 Å². The van der Waals surface area contributed by atoms with Crippen LogP contribution in [0.4, 0.5) is 0 Å². The van der Waals surface area contributed by atoms with Crippen LogP contribution in [0.3, 0.4) is 0 Å². The van der Waals surface area contributed by atoms with Gasteiger partial charge in [0.2, 0.25) is 0 Å². The molecule has 0 bridgehead atoms. The molecular weight excluding hydrogens is 356 g/mol. The Hall–Kier alpha value is -1.16. The number of carbonyl (C=O) groups excluding carboxylic acids is 1. The smallest absolute Gasteiger partial charge is 0.168 e. The quantitative estimate of drug-likeness (QED) is 0.541. The van der Waals surface area contributed by atoms with E-state index in [0.29, 0.717) is 17.0 Å². The zero-order chi connectivity index (χ0) is 14.1. The van der Waals surface area contributed by atoms with Gasteiger partial charge in [-0.25, -0.2) is 0 Å². The van der Waals surface area contributed by atoms with E-state index in [1.165, 1.54) is 4.70 Å². The number of hydrogen-bond acceptors (Lipinski definition) is 2. The maximum Gasteiger partial charge on any atom is 0.168 e. The maximum atomic E-state index is 12.4. The Kier molecular flexibility index (Phi) is 3.92. The minimum Gasteiger partial charge on any atom is -0.294 e. The van der Waals surface area contributed by atoms with Crippen LogP contribution in [0.2, 0.25) is 5.02 Å². The number of benzene rings is 2. The molecule has 3 aromatic rings. The van der Waals surface area contributed by atoms with Gasteiger partial charge in [0.1, 0.15) is 0 Å². The van der Waals surface area contributed by atoms with Crippen molar-refractivity contribution in [3.63, 3.8) is 0 Å². The molecule has 0 aliphatic carbocycles. The normalized spacial score (nSPS) is 10.9. The summed E-state index contributed by atoms with van der Waals surface area (Å²) in [5.41, 5.74) is 1.63. The highest BCUT2D eigenvalue weighted by Gasteiger charge is 2.14. The van der Waals surface area contributed by atoms with Gasteiger partial charge in [0.25, 0.3) is 0 Å². The fraction of sp³-hybridized carbons (Fsp3) is 0.0625. The van der Waals surface area contributed by atoms with Crippen LogP contribution < -0.4 is 0 Å². The fourth-order valence-electron chi connectivity index (χ4n) is 2.15. The molecule has 100 valence electrons. The lowest BCUT2D eigenvalue weighted by Crippen LogP contribution is -2.04. The first-order chi connectivity index (χ1) is 9.65. The van der Waals surface area contributed by atoms with E-state index >= 15 is 0 Å². The first-order valence-corrected chi connectivity index (χ1v) is 8.13. The van der Waals surface area contributed by atoms with Gasteiger partial charge in [-0.3, -0.25) is 4.79 Å². The second kappa shape index (κ2) is 5.68. The maximum absolute atomic E-state index is 12.4. The number of rotatable bonds is 3. The molecule has 0 atom stereocenters. The molecule has 1 nitrogen and oxygen atoms in total. The number of carbonyl (C=O) groups is 1. The molecular formula is C16H10BrClOS. The minimum atomic E-state index is 0.0415. The molecule has 1 heterocycles. The third kappa shape index (κ3) is 2.66. The molecule has 0 fully saturated rings. The summed E-state index contributed by atoms with van der Waals surface area (Å²) in [6, 6.07) is 13.5. The molecule has 0 spiro atoms. The van der Waals surface area contributed by atoms with Crippen molar-refractivity contribution in [1.29, 1.82) is 0 Å². The van der Waals surface area contributed by atoms with E-state index in [2.05, 4.69) is 33.4 Å². The lowest BCUT2D eigenvalue weighted by atomic mass is 10.0. The van der Waals surface area contributed by atoms with E-state index in [9.17, 15) is 4.79 Å². The summed E-state index contributed by atoms with van der Waals surface area (Å²) >= 11 is 11.1. The molecule has 4 heteroatoms. The van der Waals surface area contributed by atoms with Crippen molar-refractivity contribution in [3.8, 4) is 0 Å². The molecule has 0 N–H and O–H groups in total. The Balaban J connectivity index is 1.94. The lowest BCUT2D eigenvalue weighted by molar-refractivity contribution is 0.0993. The summed E-state index contributed by atoms with van der Waals surface area (Å²) in [6.07, 6.45) is 0.375. The third-order valence-corrected chi connectivity index (χ3v) is 4.98. The van der Waals surface area contributed by atoms with Crippen LogP contribution in [-0.2, 0) is 6.42 Å². The summed E-state index contributed by atoms with van der Waals surface area (Å²) in [5, 5.41) is 3.70. The predicted molar refractivity (Wildman–Crippen MR) is 89.0 cm³/mol. The van der Waals surface area contributed by atoms with Gasteiger partial charge in [-0.2, -0.15) is 0 Å². The van der Waals surface area contributed by atoms with Crippen molar-refractivity contribution in [1.82, 2.24) is 0 Å². The Morgan fingerprint density at radius 3 is 2.85 bits per heavy atom. The van der Waals surface area contributed by atoms with E-state index in [4.69, 9.17) is 11.6 Å². The van der Waals surface area contributed by atoms with Crippen LogP contribution in [0.15, 0.2) is 52.3 Å². The SMILES string of the molecule is O=C(Cc1csc2ccccc12)c1cc(Br)ccc1Cl. The Labute approximate surface area is 134 Å². The van der Waals surface area contributed by atoms with Gasteiger partial charge in [-0.05, 0) is 40.6 Å². The van der Waals surface area contributed by atoms with E-state index in [0.717, 1.165) is 15.4 Å². The molecule has 0 radical (unpaired) electrons. The lowest BCUT2D eigenvalue weighted by Gasteiger charge is -2.04. The minimum absolute atomic E-state index is 0.0415. The largest absolute Gasteiger partial charge is 0.294 e. The van der Waals surface area contributed by atoms with Gasteiger partial charge < -0.3 is 0 Å². The Morgan fingerprint density at radius 1 is 1.20 bits per heavy atom. The van der Waals surface area contributed by atoms with Crippen LogP contribution in [0.25, 0.3) is 10.1 Å².